The van der Waals surface area contributed by atoms with Gasteiger partial charge in [-0.2, -0.15) is 0 Å². The maximum Gasteiger partial charge on any atom is 0.409 e. The molecule has 132 valence electrons. The van der Waals surface area contributed by atoms with Gasteiger partial charge in [0, 0.05) is 31.7 Å². The molecule has 1 aliphatic rings. The van der Waals surface area contributed by atoms with Crippen LogP contribution in [0.1, 0.15) is 22.8 Å². The number of hydrogen-bond acceptors (Lipinski definition) is 6. The third-order valence-corrected chi connectivity index (χ3v) is 4.14. The van der Waals surface area contributed by atoms with Crippen molar-refractivity contribution in [3.8, 4) is 5.69 Å². The number of amides is 2. The zero-order valence-electron chi connectivity index (χ0n) is 14.3. The van der Waals surface area contributed by atoms with E-state index in [2.05, 4.69) is 15.5 Å². The van der Waals surface area contributed by atoms with Crippen molar-refractivity contribution in [3.63, 3.8) is 0 Å². The summed E-state index contributed by atoms with van der Waals surface area (Å²) in [7, 11) is 0. The molecule has 1 fully saturated rings. The average molecular weight is 344 g/mol. The van der Waals surface area contributed by atoms with Crippen LogP contribution in [0.5, 0.6) is 0 Å². The van der Waals surface area contributed by atoms with Crippen molar-refractivity contribution in [2.24, 2.45) is 0 Å². The molecular formula is C16H20N6O3. The third kappa shape index (κ3) is 3.59. The fourth-order valence-corrected chi connectivity index (χ4v) is 2.75. The van der Waals surface area contributed by atoms with Crippen LogP contribution in [0.3, 0.4) is 0 Å². The summed E-state index contributed by atoms with van der Waals surface area (Å²) >= 11 is 0. The lowest BCUT2D eigenvalue weighted by molar-refractivity contribution is 0.0570. The summed E-state index contributed by atoms with van der Waals surface area (Å²) in [5, 5.41) is 11.1. The van der Waals surface area contributed by atoms with E-state index < -0.39 is 0 Å². The first-order chi connectivity index (χ1) is 12.1. The largest absolute Gasteiger partial charge is 0.450 e. The Kier molecular flexibility index (Phi) is 4.92. The number of carbonyl (C=O) groups is 2. The molecule has 3 rings (SSSR count). The molecule has 9 heteroatoms. The Morgan fingerprint density at radius 1 is 1.16 bits per heavy atom. The Morgan fingerprint density at radius 2 is 1.88 bits per heavy atom. The van der Waals surface area contributed by atoms with Crippen LogP contribution in [-0.4, -0.2) is 74.8 Å². The minimum atomic E-state index is -0.328. The molecule has 0 bridgehead atoms. The minimum absolute atomic E-state index is 0.0715. The first-order valence-electron chi connectivity index (χ1n) is 8.15. The van der Waals surface area contributed by atoms with Crippen LogP contribution in [0.25, 0.3) is 5.69 Å². The van der Waals surface area contributed by atoms with Gasteiger partial charge < -0.3 is 14.5 Å². The Morgan fingerprint density at radius 3 is 2.52 bits per heavy atom. The van der Waals surface area contributed by atoms with Gasteiger partial charge in [-0.05, 0) is 42.0 Å². The second-order valence-corrected chi connectivity index (χ2v) is 5.73. The van der Waals surface area contributed by atoms with Gasteiger partial charge >= 0.3 is 6.09 Å². The zero-order chi connectivity index (χ0) is 17.8. The molecule has 0 aliphatic carbocycles. The van der Waals surface area contributed by atoms with E-state index in [1.807, 2.05) is 13.0 Å². The summed E-state index contributed by atoms with van der Waals surface area (Å²) in [6, 6.07) is 5.45. The van der Waals surface area contributed by atoms with Crippen molar-refractivity contribution in [2.75, 3.05) is 32.8 Å². The van der Waals surface area contributed by atoms with E-state index in [-0.39, 0.29) is 12.0 Å². The Labute approximate surface area is 145 Å². The number of carbonyl (C=O) groups excluding carboxylic acids is 2. The molecule has 0 N–H and O–H groups in total. The lowest BCUT2D eigenvalue weighted by Crippen LogP contribution is -2.50. The van der Waals surface area contributed by atoms with Crippen LogP contribution >= 0.6 is 0 Å². The molecule has 0 radical (unpaired) electrons. The Balaban J connectivity index is 1.70. The number of nitrogens with zero attached hydrogens (tertiary/aromatic N) is 6. The Bertz CT molecular complexity index is 753. The van der Waals surface area contributed by atoms with Crippen molar-refractivity contribution < 1.29 is 14.3 Å². The van der Waals surface area contributed by atoms with Crippen molar-refractivity contribution >= 4 is 12.0 Å². The number of hydrogen-bond donors (Lipinski definition) is 0. The number of rotatable bonds is 3. The normalized spacial score (nSPS) is 14.5. The van der Waals surface area contributed by atoms with Gasteiger partial charge in [-0.1, -0.05) is 6.07 Å². The van der Waals surface area contributed by atoms with Crippen LogP contribution in [-0.2, 0) is 4.74 Å². The second-order valence-electron chi connectivity index (χ2n) is 5.73. The van der Waals surface area contributed by atoms with Crippen LogP contribution in [0, 0.1) is 6.92 Å². The SMILES string of the molecule is CCOC(=O)N1CCN(C(=O)c2ccc(C)c(-n3cnnn3)c2)CC1. The van der Waals surface area contributed by atoms with Gasteiger partial charge in [0.1, 0.15) is 6.33 Å². The molecule has 9 nitrogen and oxygen atoms in total. The van der Waals surface area contributed by atoms with Gasteiger partial charge in [0.2, 0.25) is 0 Å². The third-order valence-electron chi connectivity index (χ3n) is 4.14. The molecule has 1 aromatic heterocycles. The molecule has 1 aromatic carbocycles. The number of tetrazole rings is 1. The zero-order valence-corrected chi connectivity index (χ0v) is 14.3. The van der Waals surface area contributed by atoms with Gasteiger partial charge in [-0.3, -0.25) is 4.79 Å². The number of ether oxygens (including phenoxy) is 1. The molecule has 0 saturated carbocycles. The molecule has 25 heavy (non-hydrogen) atoms. The second kappa shape index (κ2) is 7.29. The summed E-state index contributed by atoms with van der Waals surface area (Å²) in [5.41, 5.74) is 2.30. The quantitative estimate of drug-likeness (QED) is 0.821. The van der Waals surface area contributed by atoms with Gasteiger partial charge in [-0.25, -0.2) is 9.48 Å². The highest BCUT2D eigenvalue weighted by atomic mass is 16.6. The molecular weight excluding hydrogens is 324 g/mol. The summed E-state index contributed by atoms with van der Waals surface area (Å²) < 4.78 is 6.53. The molecule has 0 spiro atoms. The van der Waals surface area contributed by atoms with E-state index in [0.29, 0.717) is 38.3 Å². The Hall–Kier alpha value is -2.97. The summed E-state index contributed by atoms with van der Waals surface area (Å²) in [4.78, 5) is 27.9. The monoisotopic (exact) mass is 344 g/mol. The van der Waals surface area contributed by atoms with E-state index >= 15 is 0 Å². The van der Waals surface area contributed by atoms with E-state index in [1.165, 1.54) is 11.0 Å². The maximum atomic E-state index is 12.8. The molecule has 1 aliphatic heterocycles. The number of benzene rings is 1. The minimum Gasteiger partial charge on any atom is -0.450 e. The van der Waals surface area contributed by atoms with Crippen LogP contribution in [0.2, 0.25) is 0 Å². The predicted molar refractivity (Wildman–Crippen MR) is 88.4 cm³/mol. The number of piperazine rings is 1. The molecule has 2 aromatic rings. The summed E-state index contributed by atoms with van der Waals surface area (Å²) in [6.07, 6.45) is 1.17. The van der Waals surface area contributed by atoms with Gasteiger partial charge in [-0.15, -0.1) is 5.10 Å². The molecule has 0 atom stereocenters. The highest BCUT2D eigenvalue weighted by molar-refractivity contribution is 5.95. The van der Waals surface area contributed by atoms with E-state index in [9.17, 15) is 9.59 Å². The summed E-state index contributed by atoms with van der Waals surface area (Å²) in [5.74, 6) is -0.0715. The lowest BCUT2D eigenvalue weighted by Gasteiger charge is -2.34. The highest BCUT2D eigenvalue weighted by Gasteiger charge is 2.25. The van der Waals surface area contributed by atoms with Crippen molar-refractivity contribution in [1.29, 1.82) is 0 Å². The predicted octanol–water partition coefficient (Wildman–Crippen LogP) is 0.885. The molecule has 1 saturated heterocycles. The smallest absolute Gasteiger partial charge is 0.409 e. The highest BCUT2D eigenvalue weighted by Crippen LogP contribution is 2.17. The van der Waals surface area contributed by atoms with Crippen LogP contribution in [0.15, 0.2) is 24.5 Å². The van der Waals surface area contributed by atoms with Crippen LogP contribution in [0.4, 0.5) is 4.79 Å². The fourth-order valence-electron chi connectivity index (χ4n) is 2.75. The maximum absolute atomic E-state index is 12.8. The number of aryl methyl sites for hydroxylation is 1. The van der Waals surface area contributed by atoms with Gasteiger partial charge in [0.05, 0.1) is 12.3 Å². The molecule has 0 unspecified atom stereocenters. The molecule has 2 amide bonds. The van der Waals surface area contributed by atoms with Crippen molar-refractivity contribution in [1.82, 2.24) is 30.0 Å². The average Bonchev–Trinajstić information content (AvgIpc) is 3.16. The van der Waals surface area contributed by atoms with E-state index in [1.54, 1.807) is 28.9 Å². The van der Waals surface area contributed by atoms with Crippen LogP contribution < -0.4 is 0 Å². The van der Waals surface area contributed by atoms with Gasteiger partial charge in [0.15, 0.2) is 0 Å². The first kappa shape index (κ1) is 16.9. The van der Waals surface area contributed by atoms with E-state index in [0.717, 1.165) is 11.3 Å². The van der Waals surface area contributed by atoms with E-state index in [4.69, 9.17) is 4.74 Å². The molecule has 2 heterocycles. The van der Waals surface area contributed by atoms with Crippen molar-refractivity contribution in [3.05, 3.63) is 35.7 Å². The standard InChI is InChI=1S/C16H20N6O3/c1-3-25-16(24)21-8-6-20(7-9-21)15(23)13-5-4-12(2)14(10-13)22-11-17-18-19-22/h4-5,10-11H,3,6-9H2,1-2H3. The number of aromatic nitrogens is 4. The first-order valence-corrected chi connectivity index (χ1v) is 8.15. The summed E-state index contributed by atoms with van der Waals surface area (Å²) in [6.45, 7) is 5.95. The topological polar surface area (TPSA) is 93.5 Å². The fraction of sp³-hybridized carbons (Fsp3) is 0.438. The van der Waals surface area contributed by atoms with Crippen molar-refractivity contribution in [2.45, 2.75) is 13.8 Å². The van der Waals surface area contributed by atoms with Gasteiger partial charge in [0.25, 0.3) is 5.91 Å². The lowest BCUT2D eigenvalue weighted by atomic mass is 10.1.